The second-order valence-electron chi connectivity index (χ2n) is 13.1. The summed E-state index contributed by atoms with van der Waals surface area (Å²) in [6.45, 7) is 0. The van der Waals surface area contributed by atoms with Crippen molar-refractivity contribution in [2.24, 2.45) is 0 Å². The van der Waals surface area contributed by atoms with E-state index in [0.717, 1.165) is 83.2 Å². The van der Waals surface area contributed by atoms with Gasteiger partial charge in [-0.3, -0.25) is 0 Å². The Morgan fingerprint density at radius 2 is 1.12 bits per heavy atom. The average molecular weight is 669 g/mol. The molecule has 0 fully saturated rings. The quantitative estimate of drug-likeness (QED) is 0.183. The molecule has 11 aromatic rings. The predicted octanol–water partition coefficient (Wildman–Crippen LogP) is 13.6. The van der Waals surface area contributed by atoms with Gasteiger partial charge < -0.3 is 18.2 Å². The largest absolute Gasteiger partial charge is 0.456 e. The fourth-order valence-corrected chi connectivity index (χ4v) is 7.74. The second kappa shape index (κ2) is 11.2. The number of anilines is 3. The van der Waals surface area contributed by atoms with Crippen molar-refractivity contribution in [3.8, 4) is 22.6 Å². The van der Waals surface area contributed by atoms with Crippen molar-refractivity contribution in [1.82, 2.24) is 4.98 Å². The van der Waals surface area contributed by atoms with E-state index in [0.29, 0.717) is 5.89 Å². The van der Waals surface area contributed by atoms with Crippen LogP contribution in [0.25, 0.3) is 88.3 Å². The lowest BCUT2D eigenvalue weighted by Crippen LogP contribution is -2.10. The maximum Gasteiger partial charge on any atom is 0.228 e. The number of para-hydroxylation sites is 4. The maximum atomic E-state index is 6.83. The van der Waals surface area contributed by atoms with Crippen LogP contribution in [0.4, 0.5) is 17.1 Å². The Labute approximate surface area is 297 Å². The minimum atomic E-state index is 0.567. The fraction of sp³-hybridized carbons (Fsp3) is 0. The summed E-state index contributed by atoms with van der Waals surface area (Å²) in [5.41, 5.74) is 10.9. The first-order valence-electron chi connectivity index (χ1n) is 17.4. The van der Waals surface area contributed by atoms with Gasteiger partial charge in [-0.15, -0.1) is 0 Å². The molecule has 0 aliphatic heterocycles. The monoisotopic (exact) mass is 668 g/mol. The number of furan rings is 2. The zero-order chi connectivity index (χ0) is 34.2. The van der Waals surface area contributed by atoms with Crippen LogP contribution < -0.4 is 4.90 Å². The lowest BCUT2D eigenvalue weighted by molar-refractivity contribution is 0.620. The van der Waals surface area contributed by atoms with Gasteiger partial charge in [0.05, 0.1) is 5.69 Å². The highest BCUT2D eigenvalue weighted by molar-refractivity contribution is 6.16. The van der Waals surface area contributed by atoms with Gasteiger partial charge >= 0.3 is 0 Å². The number of oxazole rings is 1. The highest BCUT2D eigenvalue weighted by Gasteiger charge is 2.23. The van der Waals surface area contributed by atoms with Crippen molar-refractivity contribution in [2.45, 2.75) is 0 Å². The summed E-state index contributed by atoms with van der Waals surface area (Å²) in [5.74, 6) is 0.567. The number of hydrogen-bond donors (Lipinski definition) is 0. The third-order valence-electron chi connectivity index (χ3n) is 10.1. The van der Waals surface area contributed by atoms with Crippen LogP contribution in [-0.4, -0.2) is 4.98 Å². The van der Waals surface area contributed by atoms with Gasteiger partial charge in [-0.05, 0) is 88.6 Å². The molecule has 0 N–H and O–H groups in total. The van der Waals surface area contributed by atoms with Gasteiger partial charge in [0.1, 0.15) is 22.3 Å². The van der Waals surface area contributed by atoms with Crippen molar-refractivity contribution >= 4 is 82.8 Å². The van der Waals surface area contributed by atoms with E-state index in [1.165, 1.54) is 16.3 Å². The Hall–Kier alpha value is -7.11. The molecule has 0 bridgehead atoms. The van der Waals surface area contributed by atoms with Gasteiger partial charge in [0.15, 0.2) is 11.2 Å². The van der Waals surface area contributed by atoms with Gasteiger partial charge in [-0.2, -0.15) is 0 Å². The number of aromatic nitrogens is 1. The molecule has 0 aliphatic carbocycles. The first kappa shape index (κ1) is 28.7. The third kappa shape index (κ3) is 4.39. The van der Waals surface area contributed by atoms with E-state index in [2.05, 4.69) is 126 Å². The highest BCUT2D eigenvalue weighted by atomic mass is 16.4. The first-order valence-corrected chi connectivity index (χ1v) is 17.4. The molecule has 0 atom stereocenters. The molecule has 244 valence electrons. The summed E-state index contributed by atoms with van der Waals surface area (Å²) in [6.07, 6.45) is 0. The molecule has 3 heterocycles. The lowest BCUT2D eigenvalue weighted by atomic mass is 9.97. The molecule has 0 unspecified atom stereocenters. The summed E-state index contributed by atoms with van der Waals surface area (Å²) in [7, 11) is 0. The van der Waals surface area contributed by atoms with E-state index < -0.39 is 0 Å². The number of hydrogen-bond acceptors (Lipinski definition) is 5. The molecule has 3 aromatic heterocycles. The molecule has 8 aromatic carbocycles. The minimum absolute atomic E-state index is 0.567. The summed E-state index contributed by atoms with van der Waals surface area (Å²) >= 11 is 0. The Kier molecular flexibility index (Phi) is 6.18. The molecule has 0 amide bonds. The molecule has 0 aliphatic rings. The zero-order valence-corrected chi connectivity index (χ0v) is 27.8. The Bertz CT molecular complexity index is 3130. The van der Waals surface area contributed by atoms with Crippen LogP contribution in [0, 0.1) is 0 Å². The third-order valence-corrected chi connectivity index (χ3v) is 10.1. The topological polar surface area (TPSA) is 55.6 Å². The normalized spacial score (nSPS) is 11.8. The van der Waals surface area contributed by atoms with Crippen LogP contribution in [0.1, 0.15) is 0 Å². The van der Waals surface area contributed by atoms with Gasteiger partial charge in [-0.25, -0.2) is 4.98 Å². The molecule has 0 radical (unpaired) electrons. The van der Waals surface area contributed by atoms with E-state index >= 15 is 0 Å². The van der Waals surface area contributed by atoms with Crippen molar-refractivity contribution in [3.05, 3.63) is 170 Å². The molecule has 0 spiro atoms. The van der Waals surface area contributed by atoms with Crippen molar-refractivity contribution in [2.75, 3.05) is 4.90 Å². The Morgan fingerprint density at radius 3 is 2.06 bits per heavy atom. The zero-order valence-electron chi connectivity index (χ0n) is 27.8. The van der Waals surface area contributed by atoms with Crippen LogP contribution in [0.5, 0.6) is 0 Å². The van der Waals surface area contributed by atoms with E-state index in [1.54, 1.807) is 0 Å². The molecule has 52 heavy (non-hydrogen) atoms. The van der Waals surface area contributed by atoms with Gasteiger partial charge in [0.25, 0.3) is 0 Å². The Balaban J connectivity index is 1.16. The van der Waals surface area contributed by atoms with E-state index in [4.69, 9.17) is 18.2 Å². The van der Waals surface area contributed by atoms with E-state index in [9.17, 15) is 0 Å². The van der Waals surface area contributed by atoms with Crippen molar-refractivity contribution < 1.29 is 13.3 Å². The number of rotatable bonds is 5. The Morgan fingerprint density at radius 1 is 0.423 bits per heavy atom. The summed E-state index contributed by atoms with van der Waals surface area (Å²) < 4.78 is 19.4. The summed E-state index contributed by atoms with van der Waals surface area (Å²) in [6, 6.07) is 58.7. The van der Waals surface area contributed by atoms with Gasteiger partial charge in [-0.1, -0.05) is 103 Å². The smallest absolute Gasteiger partial charge is 0.228 e. The predicted molar refractivity (Wildman–Crippen MR) is 212 cm³/mol. The average Bonchev–Trinajstić information content (AvgIpc) is 3.92. The fourth-order valence-electron chi connectivity index (χ4n) is 7.74. The lowest BCUT2D eigenvalue weighted by Gasteiger charge is -2.26. The first-order chi connectivity index (χ1) is 25.8. The van der Waals surface area contributed by atoms with Crippen LogP contribution in [0.3, 0.4) is 0 Å². The minimum Gasteiger partial charge on any atom is -0.456 e. The molecule has 0 saturated heterocycles. The van der Waals surface area contributed by atoms with Crippen molar-refractivity contribution in [3.63, 3.8) is 0 Å². The maximum absolute atomic E-state index is 6.83. The molecule has 11 rings (SSSR count). The standard InChI is InChI=1S/C47H28N2O3/c1-2-15-33-29(11-1)12-8-17-34(33)30-13-7-14-31(27-30)49(32-25-26-42-38(28-32)35-16-3-5-22-41(35)50-42)40-21-9-18-36-45-37(19-10-24-44(45)51-46(36)40)47-48-39-20-4-6-23-43(39)52-47/h1-28H. The van der Waals surface area contributed by atoms with Gasteiger partial charge in [0.2, 0.25) is 5.89 Å². The second-order valence-corrected chi connectivity index (χ2v) is 13.1. The molecule has 5 nitrogen and oxygen atoms in total. The number of fused-ring (bicyclic) bond motifs is 8. The number of nitrogens with zero attached hydrogens (tertiary/aromatic N) is 2. The number of benzene rings is 8. The van der Waals surface area contributed by atoms with Crippen LogP contribution >= 0.6 is 0 Å². The SMILES string of the molecule is c1cc(-c2cccc3ccccc23)cc(N(c2ccc3oc4ccccc4c3c2)c2cccc3c2oc2cccc(-c4nc5ccccc5o4)c23)c1. The van der Waals surface area contributed by atoms with E-state index in [-0.39, 0.29) is 0 Å². The molecular formula is C47H28N2O3. The van der Waals surface area contributed by atoms with Crippen molar-refractivity contribution in [1.29, 1.82) is 0 Å². The van der Waals surface area contributed by atoms with Gasteiger partial charge in [0, 0.05) is 38.5 Å². The summed E-state index contributed by atoms with van der Waals surface area (Å²) in [4.78, 5) is 7.14. The summed E-state index contributed by atoms with van der Waals surface area (Å²) in [5, 5.41) is 6.50. The molecule has 5 heteroatoms. The highest BCUT2D eigenvalue weighted by Crippen LogP contribution is 2.46. The van der Waals surface area contributed by atoms with E-state index in [1.807, 2.05) is 48.5 Å². The molecule has 0 saturated carbocycles. The molecular weight excluding hydrogens is 641 g/mol. The van der Waals surface area contributed by atoms with Crippen LogP contribution in [0.15, 0.2) is 183 Å². The van der Waals surface area contributed by atoms with Crippen LogP contribution in [0.2, 0.25) is 0 Å². The van der Waals surface area contributed by atoms with Crippen LogP contribution in [-0.2, 0) is 0 Å².